The Morgan fingerprint density at radius 2 is 1.86 bits per heavy atom. The SMILES string of the molecule is O=C(Nc1cnccc1-c1ccc(F)cc1Cl)c1ccnc(C(=O)NC2CC2)c1. The molecule has 2 heterocycles. The van der Waals surface area contributed by atoms with Gasteiger partial charge in [-0.3, -0.25) is 19.6 Å². The third-order valence-corrected chi connectivity index (χ3v) is 4.77. The smallest absolute Gasteiger partial charge is 0.270 e. The number of anilines is 1. The molecule has 1 aliphatic rings. The Morgan fingerprint density at radius 1 is 1.03 bits per heavy atom. The molecule has 1 fully saturated rings. The van der Waals surface area contributed by atoms with Crippen molar-refractivity contribution in [2.75, 3.05) is 5.32 Å². The Labute approximate surface area is 171 Å². The summed E-state index contributed by atoms with van der Waals surface area (Å²) in [4.78, 5) is 33.0. The number of benzene rings is 1. The number of hydrogen-bond acceptors (Lipinski definition) is 4. The van der Waals surface area contributed by atoms with E-state index in [1.807, 2.05) is 0 Å². The highest BCUT2D eigenvalue weighted by atomic mass is 35.5. The number of carbonyl (C=O) groups excluding carboxylic acids is 2. The zero-order valence-electron chi connectivity index (χ0n) is 15.2. The Morgan fingerprint density at radius 3 is 2.62 bits per heavy atom. The molecule has 0 radical (unpaired) electrons. The Bertz CT molecular complexity index is 1100. The van der Waals surface area contributed by atoms with Gasteiger partial charge in [-0.2, -0.15) is 0 Å². The lowest BCUT2D eigenvalue weighted by Gasteiger charge is -2.12. The predicted molar refractivity (Wildman–Crippen MR) is 107 cm³/mol. The zero-order chi connectivity index (χ0) is 20.4. The van der Waals surface area contributed by atoms with E-state index in [4.69, 9.17) is 11.6 Å². The van der Waals surface area contributed by atoms with E-state index < -0.39 is 11.7 Å². The van der Waals surface area contributed by atoms with Gasteiger partial charge in [-0.1, -0.05) is 11.6 Å². The predicted octanol–water partition coefficient (Wildman–Crippen LogP) is 4.08. The molecule has 0 saturated heterocycles. The molecule has 8 heteroatoms. The van der Waals surface area contributed by atoms with Crippen molar-refractivity contribution in [1.82, 2.24) is 15.3 Å². The van der Waals surface area contributed by atoms with Crippen molar-refractivity contribution in [2.24, 2.45) is 0 Å². The van der Waals surface area contributed by atoms with Crippen molar-refractivity contribution in [3.8, 4) is 11.1 Å². The first-order chi connectivity index (χ1) is 14.0. The highest BCUT2D eigenvalue weighted by Gasteiger charge is 2.24. The molecule has 1 aliphatic carbocycles. The molecular weight excluding hydrogens is 395 g/mol. The number of pyridine rings is 2. The van der Waals surface area contributed by atoms with Crippen LogP contribution in [0, 0.1) is 5.82 Å². The van der Waals surface area contributed by atoms with Gasteiger partial charge in [0.15, 0.2) is 0 Å². The van der Waals surface area contributed by atoms with Crippen molar-refractivity contribution in [1.29, 1.82) is 0 Å². The van der Waals surface area contributed by atoms with Crippen molar-refractivity contribution >= 4 is 29.1 Å². The normalized spacial score (nSPS) is 13.0. The highest BCUT2D eigenvalue weighted by molar-refractivity contribution is 6.33. The lowest BCUT2D eigenvalue weighted by atomic mass is 10.0. The number of nitrogens with zero attached hydrogens (tertiary/aromatic N) is 2. The lowest BCUT2D eigenvalue weighted by molar-refractivity contribution is 0.0946. The van der Waals surface area contributed by atoms with Crippen LogP contribution in [-0.2, 0) is 0 Å². The highest BCUT2D eigenvalue weighted by Crippen LogP contribution is 2.33. The zero-order valence-corrected chi connectivity index (χ0v) is 15.9. The molecule has 6 nitrogen and oxygen atoms in total. The van der Waals surface area contributed by atoms with E-state index >= 15 is 0 Å². The maximum atomic E-state index is 13.4. The fourth-order valence-corrected chi connectivity index (χ4v) is 3.08. The molecule has 0 bridgehead atoms. The number of hydrogen-bond donors (Lipinski definition) is 2. The second-order valence-corrected chi connectivity index (χ2v) is 7.08. The summed E-state index contributed by atoms with van der Waals surface area (Å²) >= 11 is 6.17. The minimum Gasteiger partial charge on any atom is -0.348 e. The Kier molecular flexibility index (Phi) is 5.22. The second kappa shape index (κ2) is 7.97. The summed E-state index contributed by atoms with van der Waals surface area (Å²) in [6.07, 6.45) is 6.37. The van der Waals surface area contributed by atoms with Crippen LogP contribution in [0.25, 0.3) is 11.1 Å². The molecule has 2 N–H and O–H groups in total. The third kappa shape index (κ3) is 4.41. The summed E-state index contributed by atoms with van der Waals surface area (Å²) in [7, 11) is 0. The average Bonchev–Trinajstić information content (AvgIpc) is 3.53. The average molecular weight is 411 g/mol. The van der Waals surface area contributed by atoms with Gasteiger partial charge in [0.25, 0.3) is 11.8 Å². The maximum Gasteiger partial charge on any atom is 0.270 e. The first kappa shape index (κ1) is 19.0. The molecule has 0 atom stereocenters. The molecule has 4 rings (SSSR count). The van der Waals surface area contributed by atoms with Gasteiger partial charge in [0, 0.05) is 35.1 Å². The van der Waals surface area contributed by atoms with Gasteiger partial charge in [0.2, 0.25) is 0 Å². The molecule has 3 aromatic rings. The summed E-state index contributed by atoms with van der Waals surface area (Å²) in [6, 6.07) is 8.86. The molecule has 0 unspecified atom stereocenters. The summed E-state index contributed by atoms with van der Waals surface area (Å²) < 4.78 is 13.4. The molecule has 2 aromatic heterocycles. The largest absolute Gasteiger partial charge is 0.348 e. The van der Waals surface area contributed by atoms with Crippen LogP contribution >= 0.6 is 11.6 Å². The topological polar surface area (TPSA) is 84.0 Å². The van der Waals surface area contributed by atoms with Crippen LogP contribution in [0.3, 0.4) is 0 Å². The molecule has 0 spiro atoms. The van der Waals surface area contributed by atoms with Crippen molar-refractivity contribution in [3.05, 3.63) is 77.1 Å². The van der Waals surface area contributed by atoms with Gasteiger partial charge in [0.05, 0.1) is 16.9 Å². The number of rotatable bonds is 5. The second-order valence-electron chi connectivity index (χ2n) is 6.68. The quantitative estimate of drug-likeness (QED) is 0.663. The molecular formula is C21H16ClFN4O2. The monoisotopic (exact) mass is 410 g/mol. The van der Waals surface area contributed by atoms with Crippen molar-refractivity contribution in [3.63, 3.8) is 0 Å². The molecule has 146 valence electrons. The molecule has 29 heavy (non-hydrogen) atoms. The number of nitrogens with one attached hydrogen (secondary N) is 2. The summed E-state index contributed by atoms with van der Waals surface area (Å²) in [5, 5.41) is 5.83. The van der Waals surface area contributed by atoms with E-state index in [0.717, 1.165) is 12.8 Å². The van der Waals surface area contributed by atoms with Crippen LogP contribution in [0.2, 0.25) is 5.02 Å². The van der Waals surface area contributed by atoms with Gasteiger partial charge in [0.1, 0.15) is 11.5 Å². The first-order valence-electron chi connectivity index (χ1n) is 8.99. The minimum absolute atomic E-state index is 0.178. The van der Waals surface area contributed by atoms with E-state index in [2.05, 4.69) is 20.6 Å². The van der Waals surface area contributed by atoms with Gasteiger partial charge in [-0.15, -0.1) is 0 Å². The molecule has 0 aliphatic heterocycles. The minimum atomic E-state index is -0.452. The van der Waals surface area contributed by atoms with Crippen LogP contribution < -0.4 is 10.6 Å². The fourth-order valence-electron chi connectivity index (χ4n) is 2.81. The van der Waals surface area contributed by atoms with Crippen LogP contribution in [0.1, 0.15) is 33.7 Å². The summed E-state index contributed by atoms with van der Waals surface area (Å²) in [6.45, 7) is 0. The molecule has 2 amide bonds. The Balaban J connectivity index is 1.58. The van der Waals surface area contributed by atoms with Gasteiger partial charge in [-0.05, 0) is 49.2 Å². The van der Waals surface area contributed by atoms with E-state index in [9.17, 15) is 14.0 Å². The lowest BCUT2D eigenvalue weighted by Crippen LogP contribution is -2.26. The van der Waals surface area contributed by atoms with E-state index in [-0.39, 0.29) is 28.2 Å². The van der Waals surface area contributed by atoms with Crippen LogP contribution in [0.4, 0.5) is 10.1 Å². The molecule has 1 saturated carbocycles. The van der Waals surface area contributed by atoms with E-state index in [0.29, 0.717) is 16.8 Å². The van der Waals surface area contributed by atoms with Gasteiger partial charge >= 0.3 is 0 Å². The number of carbonyl (C=O) groups is 2. The Hall–Kier alpha value is -3.32. The van der Waals surface area contributed by atoms with Crippen LogP contribution in [-0.4, -0.2) is 27.8 Å². The maximum absolute atomic E-state index is 13.4. The molecule has 1 aromatic carbocycles. The van der Waals surface area contributed by atoms with Gasteiger partial charge in [-0.25, -0.2) is 4.39 Å². The summed E-state index contributed by atoms with van der Waals surface area (Å²) in [5.74, 6) is -1.19. The van der Waals surface area contributed by atoms with Crippen LogP contribution in [0.5, 0.6) is 0 Å². The third-order valence-electron chi connectivity index (χ3n) is 4.46. The van der Waals surface area contributed by atoms with E-state index in [1.54, 1.807) is 12.3 Å². The van der Waals surface area contributed by atoms with Gasteiger partial charge < -0.3 is 10.6 Å². The number of halogens is 2. The number of aromatic nitrogens is 2. The standard InChI is InChI=1S/C21H16ClFN4O2/c22-17-10-13(23)1-4-15(17)16-6-7-24-11-19(16)27-20(28)12-5-8-25-18(9-12)21(29)26-14-2-3-14/h1,4-11,14H,2-3H2,(H,26,29)(H,27,28). The summed E-state index contributed by atoms with van der Waals surface area (Å²) in [5.41, 5.74) is 2.02. The van der Waals surface area contributed by atoms with Crippen molar-refractivity contribution < 1.29 is 14.0 Å². The fraction of sp³-hybridized carbons (Fsp3) is 0.143. The van der Waals surface area contributed by atoms with Crippen molar-refractivity contribution in [2.45, 2.75) is 18.9 Å². The van der Waals surface area contributed by atoms with E-state index in [1.165, 1.54) is 42.7 Å². The number of amides is 2. The first-order valence-corrected chi connectivity index (χ1v) is 9.37. The van der Waals surface area contributed by atoms with Crippen LogP contribution in [0.15, 0.2) is 55.0 Å².